The molecule has 8 nitrogen and oxygen atoms in total. The average molecular weight is 321 g/mol. The number of hydrogen-bond donors (Lipinski definition) is 1. The Morgan fingerprint density at radius 3 is 2.38 bits per heavy atom. The van der Waals surface area contributed by atoms with Gasteiger partial charge in [0.2, 0.25) is 15.9 Å². The van der Waals surface area contributed by atoms with Crippen molar-refractivity contribution in [2.45, 2.75) is 18.9 Å². The summed E-state index contributed by atoms with van der Waals surface area (Å²) in [5.41, 5.74) is 0. The SMILES string of the molecule is CN(C)CCN(CC(=O)O)C(=O)C1CCCN1S(C)(=O)=O. The van der Waals surface area contributed by atoms with Gasteiger partial charge < -0.3 is 14.9 Å². The van der Waals surface area contributed by atoms with Crippen molar-refractivity contribution < 1.29 is 23.1 Å². The number of amides is 1. The molecule has 1 atom stereocenters. The summed E-state index contributed by atoms with van der Waals surface area (Å²) < 4.78 is 24.5. The van der Waals surface area contributed by atoms with Gasteiger partial charge in [-0.1, -0.05) is 0 Å². The average Bonchev–Trinajstić information content (AvgIpc) is 2.81. The van der Waals surface area contributed by atoms with Gasteiger partial charge in [-0.3, -0.25) is 9.59 Å². The minimum absolute atomic E-state index is 0.256. The van der Waals surface area contributed by atoms with Gasteiger partial charge in [0.25, 0.3) is 0 Å². The topological polar surface area (TPSA) is 98.2 Å². The van der Waals surface area contributed by atoms with Gasteiger partial charge in [-0.2, -0.15) is 4.31 Å². The highest BCUT2D eigenvalue weighted by Crippen LogP contribution is 2.22. The summed E-state index contributed by atoms with van der Waals surface area (Å²) in [4.78, 5) is 26.5. The number of hydrogen-bond acceptors (Lipinski definition) is 5. The molecule has 1 heterocycles. The van der Waals surface area contributed by atoms with E-state index in [1.165, 1.54) is 9.21 Å². The number of sulfonamides is 1. The summed E-state index contributed by atoms with van der Waals surface area (Å²) in [6.45, 7) is 0.668. The predicted molar refractivity (Wildman–Crippen MR) is 77.3 cm³/mol. The van der Waals surface area contributed by atoms with Gasteiger partial charge in [-0.15, -0.1) is 0 Å². The van der Waals surface area contributed by atoms with E-state index in [4.69, 9.17) is 5.11 Å². The largest absolute Gasteiger partial charge is 0.480 e. The number of carbonyl (C=O) groups is 2. The standard InChI is InChI=1S/C12H23N3O5S/c1-13(2)7-8-14(9-11(16)17)12(18)10-5-4-6-15(10)21(3,19)20/h10H,4-9H2,1-3H3,(H,16,17). The van der Waals surface area contributed by atoms with Gasteiger partial charge in [0.15, 0.2) is 0 Å². The lowest BCUT2D eigenvalue weighted by molar-refractivity contribution is -0.146. The third-order valence-corrected chi connectivity index (χ3v) is 4.66. The molecule has 1 rings (SSSR count). The van der Waals surface area contributed by atoms with Gasteiger partial charge in [-0.25, -0.2) is 8.42 Å². The summed E-state index contributed by atoms with van der Waals surface area (Å²) in [6, 6.07) is -0.776. The molecule has 1 aliphatic rings. The van der Waals surface area contributed by atoms with Gasteiger partial charge >= 0.3 is 5.97 Å². The second-order valence-electron chi connectivity index (χ2n) is 5.49. The Morgan fingerprint density at radius 2 is 1.90 bits per heavy atom. The van der Waals surface area contributed by atoms with Crippen LogP contribution in [0.15, 0.2) is 0 Å². The molecule has 21 heavy (non-hydrogen) atoms. The Balaban J connectivity index is 2.85. The maximum absolute atomic E-state index is 12.5. The van der Waals surface area contributed by atoms with E-state index in [0.29, 0.717) is 25.9 Å². The van der Waals surface area contributed by atoms with Gasteiger partial charge in [0.1, 0.15) is 12.6 Å². The first-order valence-electron chi connectivity index (χ1n) is 6.75. The van der Waals surface area contributed by atoms with E-state index in [1.54, 1.807) is 0 Å². The molecular formula is C12H23N3O5S. The van der Waals surface area contributed by atoms with Crippen LogP contribution < -0.4 is 0 Å². The van der Waals surface area contributed by atoms with Crippen molar-refractivity contribution in [1.29, 1.82) is 0 Å². The first kappa shape index (κ1) is 17.9. The van der Waals surface area contributed by atoms with Crippen LogP contribution in [0.5, 0.6) is 0 Å². The summed E-state index contributed by atoms with van der Waals surface area (Å²) in [6.07, 6.45) is 2.11. The van der Waals surface area contributed by atoms with Crippen molar-refractivity contribution in [2.75, 3.05) is 46.5 Å². The highest BCUT2D eigenvalue weighted by molar-refractivity contribution is 7.88. The lowest BCUT2D eigenvalue weighted by atomic mass is 10.2. The van der Waals surface area contributed by atoms with E-state index in [0.717, 1.165) is 6.26 Å². The fourth-order valence-electron chi connectivity index (χ4n) is 2.35. The van der Waals surface area contributed by atoms with E-state index in [9.17, 15) is 18.0 Å². The summed E-state index contributed by atoms with van der Waals surface area (Å²) in [5, 5.41) is 8.93. The molecule has 0 aromatic rings. The van der Waals surface area contributed by atoms with Crippen LogP contribution in [-0.2, 0) is 19.6 Å². The molecule has 0 bridgehead atoms. The maximum Gasteiger partial charge on any atom is 0.323 e. The Labute approximate surface area is 125 Å². The Morgan fingerprint density at radius 1 is 1.29 bits per heavy atom. The molecule has 0 aromatic carbocycles. The number of carbonyl (C=O) groups excluding carboxylic acids is 1. The molecule has 1 aliphatic heterocycles. The number of aliphatic carboxylic acids is 1. The molecule has 0 radical (unpaired) electrons. The van der Waals surface area contributed by atoms with E-state index < -0.39 is 34.5 Å². The zero-order chi connectivity index (χ0) is 16.2. The molecule has 0 spiro atoms. The number of carboxylic acids is 1. The van der Waals surface area contributed by atoms with Crippen molar-refractivity contribution >= 4 is 21.9 Å². The Bertz CT molecular complexity index is 491. The number of likely N-dealkylation sites (N-methyl/N-ethyl adjacent to an activating group) is 1. The van der Waals surface area contributed by atoms with Crippen LogP contribution in [0.4, 0.5) is 0 Å². The first-order valence-corrected chi connectivity index (χ1v) is 8.60. The Kier molecular flexibility index (Phi) is 6.11. The Hall–Kier alpha value is -1.19. The number of nitrogens with zero attached hydrogens (tertiary/aromatic N) is 3. The molecule has 0 aliphatic carbocycles. The molecule has 1 N–H and O–H groups in total. The monoisotopic (exact) mass is 321 g/mol. The van der Waals surface area contributed by atoms with Crippen LogP contribution in [0.2, 0.25) is 0 Å². The fraction of sp³-hybridized carbons (Fsp3) is 0.833. The lowest BCUT2D eigenvalue weighted by Crippen LogP contribution is -2.50. The quantitative estimate of drug-likeness (QED) is 0.638. The van der Waals surface area contributed by atoms with E-state index in [2.05, 4.69) is 0 Å². The molecule has 9 heteroatoms. The normalized spacial score (nSPS) is 19.9. The highest BCUT2D eigenvalue weighted by atomic mass is 32.2. The number of rotatable bonds is 7. The molecule has 1 fully saturated rings. The molecule has 122 valence electrons. The van der Waals surface area contributed by atoms with E-state index in [-0.39, 0.29) is 6.54 Å². The second kappa shape index (κ2) is 7.19. The van der Waals surface area contributed by atoms with Crippen LogP contribution in [-0.4, -0.2) is 92.1 Å². The third kappa shape index (κ3) is 5.25. The van der Waals surface area contributed by atoms with Crippen molar-refractivity contribution in [2.24, 2.45) is 0 Å². The maximum atomic E-state index is 12.5. The first-order chi connectivity index (χ1) is 9.62. The van der Waals surface area contributed by atoms with E-state index in [1.807, 2.05) is 19.0 Å². The zero-order valence-corrected chi connectivity index (χ0v) is 13.5. The van der Waals surface area contributed by atoms with Crippen molar-refractivity contribution in [3.63, 3.8) is 0 Å². The molecule has 0 aromatic heterocycles. The van der Waals surface area contributed by atoms with Crippen molar-refractivity contribution in [3.8, 4) is 0 Å². The fourth-order valence-corrected chi connectivity index (χ4v) is 3.46. The van der Waals surface area contributed by atoms with Crippen LogP contribution in [0, 0.1) is 0 Å². The lowest BCUT2D eigenvalue weighted by Gasteiger charge is -2.29. The van der Waals surface area contributed by atoms with E-state index >= 15 is 0 Å². The molecule has 1 saturated heterocycles. The van der Waals surface area contributed by atoms with Crippen LogP contribution in [0.1, 0.15) is 12.8 Å². The molecular weight excluding hydrogens is 298 g/mol. The molecule has 0 saturated carbocycles. The second-order valence-corrected chi connectivity index (χ2v) is 7.42. The van der Waals surface area contributed by atoms with Crippen molar-refractivity contribution in [1.82, 2.24) is 14.1 Å². The number of carboxylic acid groups (broad SMARTS) is 1. The minimum atomic E-state index is -3.46. The van der Waals surface area contributed by atoms with Crippen LogP contribution in [0.3, 0.4) is 0 Å². The van der Waals surface area contributed by atoms with Gasteiger partial charge in [0.05, 0.1) is 6.26 Å². The third-order valence-electron chi connectivity index (χ3n) is 3.37. The summed E-state index contributed by atoms with van der Waals surface area (Å²) in [5.74, 6) is -1.53. The predicted octanol–water partition coefficient (Wildman–Crippen LogP) is -1.11. The van der Waals surface area contributed by atoms with Crippen molar-refractivity contribution in [3.05, 3.63) is 0 Å². The van der Waals surface area contributed by atoms with Crippen LogP contribution >= 0.6 is 0 Å². The highest BCUT2D eigenvalue weighted by Gasteiger charge is 2.38. The zero-order valence-electron chi connectivity index (χ0n) is 12.7. The van der Waals surface area contributed by atoms with Gasteiger partial charge in [-0.05, 0) is 26.9 Å². The minimum Gasteiger partial charge on any atom is -0.480 e. The summed E-state index contributed by atoms with van der Waals surface area (Å²) in [7, 11) is 0.180. The smallest absolute Gasteiger partial charge is 0.323 e. The molecule has 1 unspecified atom stereocenters. The molecule has 1 amide bonds. The summed E-state index contributed by atoms with van der Waals surface area (Å²) >= 11 is 0. The van der Waals surface area contributed by atoms with Gasteiger partial charge in [0, 0.05) is 19.6 Å². The van der Waals surface area contributed by atoms with Crippen LogP contribution in [0.25, 0.3) is 0 Å².